The molecule has 0 radical (unpaired) electrons. The van der Waals surface area contributed by atoms with Crippen LogP contribution in [0.4, 0.5) is 11.4 Å². The number of carbonyl (C=O) groups excluding carboxylic acids is 2. The molecule has 112 valence electrons. The third-order valence-electron chi connectivity index (χ3n) is 4.28. The molecule has 1 fully saturated rings. The maximum atomic E-state index is 12.2. The Morgan fingerprint density at radius 2 is 2.24 bits per heavy atom. The molecule has 2 amide bonds. The molecule has 21 heavy (non-hydrogen) atoms. The summed E-state index contributed by atoms with van der Waals surface area (Å²) in [5.74, 6) is 0.431. The van der Waals surface area contributed by atoms with Crippen LogP contribution in [0, 0.1) is 5.41 Å². The van der Waals surface area contributed by atoms with E-state index < -0.39 is 0 Å². The average molecular weight is 305 g/mol. The molecule has 0 spiro atoms. The number of amides is 2. The van der Waals surface area contributed by atoms with Crippen LogP contribution in [0.5, 0.6) is 0 Å². The smallest absolute Gasteiger partial charge is 0.234 e. The molecule has 1 aromatic rings. The van der Waals surface area contributed by atoms with E-state index in [2.05, 4.69) is 10.6 Å². The summed E-state index contributed by atoms with van der Waals surface area (Å²) in [7, 11) is 0. The largest absolute Gasteiger partial charge is 0.330 e. The first-order valence-electron chi connectivity index (χ1n) is 7.17. The van der Waals surface area contributed by atoms with Crippen molar-refractivity contribution in [3.05, 3.63) is 18.2 Å². The van der Waals surface area contributed by atoms with Crippen molar-refractivity contribution >= 4 is 35.0 Å². The third kappa shape index (κ3) is 3.06. The molecule has 1 aliphatic carbocycles. The van der Waals surface area contributed by atoms with Crippen molar-refractivity contribution in [2.45, 2.75) is 30.6 Å². The highest BCUT2D eigenvalue weighted by Gasteiger charge is 2.37. The summed E-state index contributed by atoms with van der Waals surface area (Å²) in [5.41, 5.74) is 7.27. The number of fused-ring (bicyclic) bond motifs is 1. The van der Waals surface area contributed by atoms with Crippen LogP contribution < -0.4 is 16.4 Å². The van der Waals surface area contributed by atoms with Crippen LogP contribution in [-0.2, 0) is 9.59 Å². The van der Waals surface area contributed by atoms with E-state index in [4.69, 9.17) is 5.73 Å². The van der Waals surface area contributed by atoms with Gasteiger partial charge in [0.2, 0.25) is 11.8 Å². The topological polar surface area (TPSA) is 84.2 Å². The maximum Gasteiger partial charge on any atom is 0.234 e. The Bertz CT molecular complexity index is 579. The zero-order chi connectivity index (χ0) is 14.9. The van der Waals surface area contributed by atoms with Gasteiger partial charge in [-0.3, -0.25) is 9.59 Å². The second-order valence-corrected chi connectivity index (χ2v) is 6.85. The number of anilines is 2. The molecular formula is C15H19N3O2S. The van der Waals surface area contributed by atoms with Crippen LogP contribution in [0.3, 0.4) is 0 Å². The number of hydrogen-bond acceptors (Lipinski definition) is 4. The molecule has 1 saturated carbocycles. The predicted octanol–water partition coefficient (Wildman–Crippen LogP) is 2.19. The average Bonchev–Trinajstić information content (AvgIpc) is 2.42. The summed E-state index contributed by atoms with van der Waals surface area (Å²) in [6, 6.07) is 5.61. The van der Waals surface area contributed by atoms with Crippen molar-refractivity contribution in [2.75, 3.05) is 22.9 Å². The van der Waals surface area contributed by atoms with Gasteiger partial charge in [-0.05, 0) is 43.0 Å². The summed E-state index contributed by atoms with van der Waals surface area (Å²) < 4.78 is 0. The van der Waals surface area contributed by atoms with Gasteiger partial charge < -0.3 is 16.4 Å². The molecule has 0 unspecified atom stereocenters. The van der Waals surface area contributed by atoms with Crippen molar-refractivity contribution in [2.24, 2.45) is 11.1 Å². The highest BCUT2D eigenvalue weighted by Crippen LogP contribution is 2.43. The fourth-order valence-corrected chi connectivity index (χ4v) is 3.62. The Balaban J connectivity index is 1.66. The van der Waals surface area contributed by atoms with Crippen LogP contribution in [0.2, 0.25) is 0 Å². The van der Waals surface area contributed by atoms with Gasteiger partial charge in [0, 0.05) is 17.0 Å². The van der Waals surface area contributed by atoms with E-state index in [1.165, 1.54) is 11.8 Å². The summed E-state index contributed by atoms with van der Waals surface area (Å²) in [5, 5.41) is 5.73. The van der Waals surface area contributed by atoms with Crippen molar-refractivity contribution in [1.29, 1.82) is 0 Å². The lowest BCUT2D eigenvalue weighted by Crippen LogP contribution is -2.40. The number of nitrogens with two attached hydrogens (primary N) is 1. The van der Waals surface area contributed by atoms with Crippen LogP contribution in [0.25, 0.3) is 0 Å². The van der Waals surface area contributed by atoms with Crippen LogP contribution >= 0.6 is 11.8 Å². The van der Waals surface area contributed by atoms with Gasteiger partial charge in [-0.1, -0.05) is 6.42 Å². The SMILES string of the molecule is NCC1(CC(=O)Nc2ccc3c(c2)NC(=O)CS3)CCC1. The molecule has 2 aliphatic rings. The second kappa shape index (κ2) is 5.69. The minimum atomic E-state index is -0.00692. The fraction of sp³-hybridized carbons (Fsp3) is 0.467. The molecule has 0 atom stereocenters. The zero-order valence-corrected chi connectivity index (χ0v) is 12.6. The number of nitrogens with one attached hydrogen (secondary N) is 2. The summed E-state index contributed by atoms with van der Waals surface area (Å²) in [6.07, 6.45) is 3.70. The number of carbonyl (C=O) groups is 2. The Kier molecular flexibility index (Phi) is 3.91. The van der Waals surface area contributed by atoms with Crippen LogP contribution in [0.1, 0.15) is 25.7 Å². The first-order chi connectivity index (χ1) is 10.1. The van der Waals surface area contributed by atoms with Gasteiger partial charge in [0.25, 0.3) is 0 Å². The second-order valence-electron chi connectivity index (χ2n) is 5.83. The third-order valence-corrected chi connectivity index (χ3v) is 5.35. The first kappa shape index (κ1) is 14.4. The van der Waals surface area contributed by atoms with Crippen molar-refractivity contribution in [3.8, 4) is 0 Å². The van der Waals surface area contributed by atoms with Gasteiger partial charge >= 0.3 is 0 Å². The Hall–Kier alpha value is -1.53. The van der Waals surface area contributed by atoms with E-state index in [1.54, 1.807) is 0 Å². The van der Waals surface area contributed by atoms with Gasteiger partial charge in [-0.2, -0.15) is 0 Å². The van der Waals surface area contributed by atoms with Gasteiger partial charge in [-0.15, -0.1) is 11.8 Å². The van der Waals surface area contributed by atoms with E-state index in [0.717, 1.165) is 29.8 Å². The van der Waals surface area contributed by atoms with E-state index in [1.807, 2.05) is 18.2 Å². The van der Waals surface area contributed by atoms with Gasteiger partial charge in [-0.25, -0.2) is 0 Å². The van der Waals surface area contributed by atoms with Gasteiger partial charge in [0.1, 0.15) is 0 Å². The Labute approximate surface area is 128 Å². The minimum absolute atomic E-state index is 0.00234. The summed E-state index contributed by atoms with van der Waals surface area (Å²) in [4.78, 5) is 24.6. The predicted molar refractivity (Wildman–Crippen MR) is 84.4 cm³/mol. The fourth-order valence-electron chi connectivity index (χ4n) is 2.84. The normalized spacial score (nSPS) is 19.2. The first-order valence-corrected chi connectivity index (χ1v) is 8.15. The van der Waals surface area contributed by atoms with Crippen LogP contribution in [-0.4, -0.2) is 24.1 Å². The molecule has 1 aromatic carbocycles. The molecule has 0 bridgehead atoms. The molecular weight excluding hydrogens is 286 g/mol. The molecule has 1 heterocycles. The lowest BCUT2D eigenvalue weighted by atomic mass is 9.66. The maximum absolute atomic E-state index is 12.2. The van der Waals surface area contributed by atoms with Crippen LogP contribution in [0.15, 0.2) is 23.1 Å². The molecule has 1 aliphatic heterocycles. The highest BCUT2D eigenvalue weighted by molar-refractivity contribution is 8.00. The number of hydrogen-bond donors (Lipinski definition) is 3. The molecule has 3 rings (SSSR count). The zero-order valence-electron chi connectivity index (χ0n) is 11.8. The Morgan fingerprint density at radius 3 is 2.90 bits per heavy atom. The molecule has 4 N–H and O–H groups in total. The van der Waals surface area contributed by atoms with E-state index in [0.29, 0.717) is 24.4 Å². The van der Waals surface area contributed by atoms with E-state index >= 15 is 0 Å². The van der Waals surface area contributed by atoms with E-state index in [-0.39, 0.29) is 17.2 Å². The Morgan fingerprint density at radius 1 is 1.43 bits per heavy atom. The quantitative estimate of drug-likeness (QED) is 0.796. The molecule has 0 aromatic heterocycles. The highest BCUT2D eigenvalue weighted by atomic mass is 32.2. The monoisotopic (exact) mass is 305 g/mol. The van der Waals surface area contributed by atoms with Crippen molar-refractivity contribution < 1.29 is 9.59 Å². The minimum Gasteiger partial charge on any atom is -0.330 e. The molecule has 0 saturated heterocycles. The number of thioether (sulfide) groups is 1. The van der Waals surface area contributed by atoms with Gasteiger partial charge in [0.05, 0.1) is 11.4 Å². The molecule has 5 nitrogen and oxygen atoms in total. The standard InChI is InChI=1S/C15H19N3O2S/c16-9-15(4-1-5-15)7-13(19)17-10-2-3-12-11(6-10)18-14(20)8-21-12/h2-3,6H,1,4-5,7-9,16H2,(H,17,19)(H,18,20). The lowest BCUT2D eigenvalue weighted by Gasteiger charge is -2.40. The van der Waals surface area contributed by atoms with Gasteiger partial charge in [0.15, 0.2) is 0 Å². The van der Waals surface area contributed by atoms with E-state index in [9.17, 15) is 9.59 Å². The summed E-state index contributed by atoms with van der Waals surface area (Å²) >= 11 is 1.51. The summed E-state index contributed by atoms with van der Waals surface area (Å²) in [6.45, 7) is 0.567. The number of benzene rings is 1. The number of rotatable bonds is 4. The molecule has 6 heteroatoms. The lowest BCUT2D eigenvalue weighted by molar-refractivity contribution is -0.119. The van der Waals surface area contributed by atoms with Crippen molar-refractivity contribution in [1.82, 2.24) is 0 Å². The van der Waals surface area contributed by atoms with Crippen molar-refractivity contribution in [3.63, 3.8) is 0 Å².